The highest BCUT2D eigenvalue weighted by Crippen LogP contribution is 2.45. The van der Waals surface area contributed by atoms with E-state index in [9.17, 15) is 4.79 Å². The van der Waals surface area contributed by atoms with Gasteiger partial charge in [-0.2, -0.15) is 0 Å². The minimum absolute atomic E-state index is 0.239. The van der Waals surface area contributed by atoms with Gasteiger partial charge in [-0.05, 0) is 37.0 Å². The molecule has 2 fully saturated rings. The lowest BCUT2D eigenvalue weighted by Gasteiger charge is -2.39. The zero-order chi connectivity index (χ0) is 17.9. The van der Waals surface area contributed by atoms with Crippen LogP contribution in [0.1, 0.15) is 44.1 Å². The predicted molar refractivity (Wildman–Crippen MR) is 106 cm³/mol. The van der Waals surface area contributed by atoms with Crippen LogP contribution in [-0.2, 0) is 4.79 Å². The molecule has 1 aliphatic carbocycles. The summed E-state index contributed by atoms with van der Waals surface area (Å²) in [4.78, 5) is 17.3. The molecule has 1 aliphatic heterocycles. The molecule has 1 saturated carbocycles. The van der Waals surface area contributed by atoms with Crippen molar-refractivity contribution in [1.82, 2.24) is 4.90 Å². The first-order valence-electron chi connectivity index (χ1n) is 9.94. The van der Waals surface area contributed by atoms with E-state index in [1.54, 1.807) is 0 Å². The number of anilines is 1. The third kappa shape index (κ3) is 3.54. The lowest BCUT2D eigenvalue weighted by molar-refractivity contribution is -0.119. The molecule has 0 bridgehead atoms. The molecule has 4 rings (SSSR count). The Balaban J connectivity index is 1.39. The molecule has 3 nitrogen and oxygen atoms in total. The minimum atomic E-state index is 0.239. The van der Waals surface area contributed by atoms with Crippen LogP contribution in [0, 0.1) is 0 Å². The van der Waals surface area contributed by atoms with E-state index in [4.69, 9.17) is 0 Å². The Morgan fingerprint density at radius 1 is 1.00 bits per heavy atom. The quantitative estimate of drug-likeness (QED) is 0.797. The minimum Gasteiger partial charge on any atom is -0.309 e. The second kappa shape index (κ2) is 7.63. The highest BCUT2D eigenvalue weighted by molar-refractivity contribution is 5.93. The van der Waals surface area contributed by atoms with E-state index in [1.807, 2.05) is 25.1 Å². The summed E-state index contributed by atoms with van der Waals surface area (Å²) < 4.78 is 0. The first-order chi connectivity index (χ1) is 12.8. The van der Waals surface area contributed by atoms with Gasteiger partial charge in [0.05, 0.1) is 0 Å². The molecular formula is C23H28N2O. The SMILES string of the molecule is CCC(=O)N(c1ccccc1)C1CCN([C@H]2C[C@@H]2c2ccccc2)CC1. The zero-order valence-corrected chi connectivity index (χ0v) is 15.6. The Morgan fingerprint density at radius 2 is 1.62 bits per heavy atom. The fourth-order valence-corrected chi connectivity index (χ4v) is 4.44. The molecular weight excluding hydrogens is 320 g/mol. The molecule has 0 N–H and O–H groups in total. The Labute approximate surface area is 156 Å². The molecule has 3 heteroatoms. The van der Waals surface area contributed by atoms with Crippen LogP contribution in [0.2, 0.25) is 0 Å². The first kappa shape index (κ1) is 17.3. The summed E-state index contributed by atoms with van der Waals surface area (Å²) in [5.41, 5.74) is 2.53. The molecule has 136 valence electrons. The van der Waals surface area contributed by atoms with Gasteiger partial charge in [0, 0.05) is 43.2 Å². The number of para-hydroxylation sites is 1. The third-order valence-corrected chi connectivity index (χ3v) is 5.92. The van der Waals surface area contributed by atoms with Gasteiger partial charge >= 0.3 is 0 Å². The van der Waals surface area contributed by atoms with Crippen molar-refractivity contribution in [2.24, 2.45) is 0 Å². The molecule has 0 spiro atoms. The number of carbonyl (C=O) groups is 1. The number of rotatable bonds is 5. The normalized spacial score (nSPS) is 23.6. The fourth-order valence-electron chi connectivity index (χ4n) is 4.44. The van der Waals surface area contributed by atoms with E-state index in [1.165, 1.54) is 12.0 Å². The number of likely N-dealkylation sites (tertiary alicyclic amines) is 1. The van der Waals surface area contributed by atoms with Crippen LogP contribution < -0.4 is 4.90 Å². The Morgan fingerprint density at radius 3 is 2.23 bits per heavy atom. The van der Waals surface area contributed by atoms with E-state index >= 15 is 0 Å². The van der Waals surface area contributed by atoms with Crippen molar-refractivity contribution in [2.75, 3.05) is 18.0 Å². The second-order valence-electron chi connectivity index (χ2n) is 7.54. The maximum atomic E-state index is 12.6. The summed E-state index contributed by atoms with van der Waals surface area (Å²) in [6.07, 6.45) is 3.98. The van der Waals surface area contributed by atoms with Crippen LogP contribution >= 0.6 is 0 Å². The molecule has 1 saturated heterocycles. The molecule has 0 aromatic heterocycles. The molecule has 0 radical (unpaired) electrons. The third-order valence-electron chi connectivity index (χ3n) is 5.92. The van der Waals surface area contributed by atoms with E-state index < -0.39 is 0 Å². The second-order valence-corrected chi connectivity index (χ2v) is 7.54. The monoisotopic (exact) mass is 348 g/mol. The van der Waals surface area contributed by atoms with Gasteiger partial charge in [-0.1, -0.05) is 55.5 Å². The van der Waals surface area contributed by atoms with Crippen LogP contribution in [0.25, 0.3) is 0 Å². The van der Waals surface area contributed by atoms with Gasteiger partial charge in [0.2, 0.25) is 5.91 Å². The average Bonchev–Trinajstić information content (AvgIpc) is 3.51. The number of nitrogens with zero attached hydrogens (tertiary/aromatic N) is 2. The number of amides is 1. The highest BCUT2D eigenvalue weighted by atomic mass is 16.2. The molecule has 1 amide bonds. The van der Waals surface area contributed by atoms with Crippen molar-refractivity contribution in [1.29, 1.82) is 0 Å². The topological polar surface area (TPSA) is 23.6 Å². The van der Waals surface area contributed by atoms with Crippen molar-refractivity contribution in [3.05, 3.63) is 66.2 Å². The maximum Gasteiger partial charge on any atom is 0.226 e. The van der Waals surface area contributed by atoms with Crippen molar-refractivity contribution in [3.8, 4) is 0 Å². The van der Waals surface area contributed by atoms with E-state index in [-0.39, 0.29) is 5.91 Å². The summed E-state index contributed by atoms with van der Waals surface area (Å²) in [5.74, 6) is 0.943. The van der Waals surface area contributed by atoms with Gasteiger partial charge in [-0.15, -0.1) is 0 Å². The first-order valence-corrected chi connectivity index (χ1v) is 9.94. The van der Waals surface area contributed by atoms with Crippen molar-refractivity contribution in [2.45, 2.75) is 50.6 Å². The highest BCUT2D eigenvalue weighted by Gasteiger charge is 2.44. The van der Waals surface area contributed by atoms with Crippen LogP contribution in [-0.4, -0.2) is 36.0 Å². The van der Waals surface area contributed by atoms with Gasteiger partial charge in [0.1, 0.15) is 0 Å². The van der Waals surface area contributed by atoms with Crippen molar-refractivity contribution < 1.29 is 4.79 Å². The van der Waals surface area contributed by atoms with E-state index in [2.05, 4.69) is 52.3 Å². The Hall–Kier alpha value is -2.13. The number of carbonyl (C=O) groups excluding carboxylic acids is 1. The van der Waals surface area contributed by atoms with Crippen LogP contribution in [0.5, 0.6) is 0 Å². The summed E-state index contributed by atoms with van der Waals surface area (Å²) >= 11 is 0. The predicted octanol–water partition coefficient (Wildman–Crippen LogP) is 4.45. The maximum absolute atomic E-state index is 12.6. The Bertz CT molecular complexity index is 722. The summed E-state index contributed by atoms with van der Waals surface area (Å²) in [6.45, 7) is 4.15. The van der Waals surface area contributed by atoms with Gasteiger partial charge in [-0.3, -0.25) is 9.69 Å². The summed E-state index contributed by atoms with van der Waals surface area (Å²) in [5, 5.41) is 0. The lowest BCUT2D eigenvalue weighted by atomic mass is 10.0. The fraction of sp³-hybridized carbons (Fsp3) is 0.435. The van der Waals surface area contributed by atoms with Gasteiger partial charge in [0.15, 0.2) is 0 Å². The summed E-state index contributed by atoms with van der Waals surface area (Å²) in [7, 11) is 0. The van der Waals surface area contributed by atoms with Crippen molar-refractivity contribution in [3.63, 3.8) is 0 Å². The zero-order valence-electron chi connectivity index (χ0n) is 15.6. The number of hydrogen-bond donors (Lipinski definition) is 0. The molecule has 2 aromatic carbocycles. The smallest absolute Gasteiger partial charge is 0.226 e. The average molecular weight is 348 g/mol. The van der Waals surface area contributed by atoms with Gasteiger partial charge < -0.3 is 4.90 Å². The largest absolute Gasteiger partial charge is 0.309 e. The molecule has 26 heavy (non-hydrogen) atoms. The standard InChI is InChI=1S/C23H28N2O/c1-2-23(26)25(19-11-7-4-8-12-19)20-13-15-24(16-14-20)22-17-21(22)18-9-5-3-6-10-18/h3-12,20-22H,2,13-17H2,1H3/t21-,22+/m1/s1. The molecule has 1 heterocycles. The lowest BCUT2D eigenvalue weighted by Crippen LogP contribution is -2.48. The molecule has 2 aliphatic rings. The molecule has 2 aromatic rings. The number of hydrogen-bond acceptors (Lipinski definition) is 2. The van der Waals surface area contributed by atoms with Crippen LogP contribution in [0.15, 0.2) is 60.7 Å². The van der Waals surface area contributed by atoms with Crippen molar-refractivity contribution >= 4 is 11.6 Å². The van der Waals surface area contributed by atoms with Crippen LogP contribution in [0.3, 0.4) is 0 Å². The van der Waals surface area contributed by atoms with Gasteiger partial charge in [-0.25, -0.2) is 0 Å². The molecule has 0 unspecified atom stereocenters. The van der Waals surface area contributed by atoms with E-state index in [0.29, 0.717) is 24.4 Å². The molecule has 2 atom stereocenters. The summed E-state index contributed by atoms with van der Waals surface area (Å²) in [6, 6.07) is 22.1. The van der Waals surface area contributed by atoms with Gasteiger partial charge in [0.25, 0.3) is 0 Å². The van der Waals surface area contributed by atoms with Crippen LogP contribution in [0.4, 0.5) is 5.69 Å². The number of piperidine rings is 1. The van der Waals surface area contributed by atoms with E-state index in [0.717, 1.165) is 31.6 Å². The number of benzene rings is 2. The Kier molecular flexibility index (Phi) is 5.07.